The molecule has 3 aliphatic rings. The van der Waals surface area contributed by atoms with E-state index in [2.05, 4.69) is 10.3 Å². The number of benzene rings is 1. The molecule has 8 nitrogen and oxygen atoms in total. The van der Waals surface area contributed by atoms with Crippen molar-refractivity contribution in [2.75, 3.05) is 51.8 Å². The lowest BCUT2D eigenvalue weighted by molar-refractivity contribution is 0.0606. The summed E-state index contributed by atoms with van der Waals surface area (Å²) in [5.74, 6) is -1.40. The van der Waals surface area contributed by atoms with E-state index in [1.807, 2.05) is 19.0 Å². The van der Waals surface area contributed by atoms with Crippen LogP contribution in [0.2, 0.25) is 5.02 Å². The number of alkyl halides is 1. The summed E-state index contributed by atoms with van der Waals surface area (Å²) in [5, 5.41) is 13.6. The van der Waals surface area contributed by atoms with Crippen molar-refractivity contribution in [1.29, 1.82) is 0 Å². The number of ether oxygens (including phenoxy) is 1. The number of rotatable bonds is 3. The van der Waals surface area contributed by atoms with Gasteiger partial charge in [0.05, 0.1) is 11.6 Å². The van der Waals surface area contributed by atoms with E-state index in [0.29, 0.717) is 19.6 Å². The van der Waals surface area contributed by atoms with Crippen LogP contribution in [0.4, 0.5) is 14.6 Å². The number of aromatic nitrogens is 1. The monoisotopic (exact) mass is 493 g/mol. The number of anilines is 1. The zero-order valence-electron chi connectivity index (χ0n) is 18.9. The lowest BCUT2D eigenvalue weighted by Gasteiger charge is -2.34. The molecule has 3 aliphatic heterocycles. The van der Waals surface area contributed by atoms with Crippen LogP contribution in [-0.2, 0) is 0 Å². The van der Waals surface area contributed by atoms with Crippen LogP contribution in [-0.4, -0.2) is 91.1 Å². The third kappa shape index (κ3) is 3.73. The first-order chi connectivity index (χ1) is 16.3. The number of carbonyl (C=O) groups is 1. The summed E-state index contributed by atoms with van der Waals surface area (Å²) in [6, 6.07) is 3.50. The number of fused-ring (bicyclic) bond motifs is 2. The highest BCUT2D eigenvalue weighted by Gasteiger charge is 2.42. The number of phenolic OH excluding ortho intramolecular Hbond substituents is 1. The first-order valence-corrected chi connectivity index (χ1v) is 11.6. The minimum Gasteiger partial charge on any atom is -0.507 e. The number of likely N-dealkylation sites (N-methyl/N-ethyl adjacent to an activating group) is 1. The molecule has 1 amide bonds. The van der Waals surface area contributed by atoms with Gasteiger partial charge in [0.2, 0.25) is 0 Å². The van der Waals surface area contributed by atoms with E-state index in [1.54, 1.807) is 4.90 Å². The normalized spacial score (nSPS) is 24.6. The summed E-state index contributed by atoms with van der Waals surface area (Å²) < 4.78 is 36.2. The van der Waals surface area contributed by atoms with Gasteiger partial charge in [0.1, 0.15) is 40.3 Å². The molecule has 1 aromatic carbocycles. The van der Waals surface area contributed by atoms with Gasteiger partial charge in [-0.1, -0.05) is 17.7 Å². The van der Waals surface area contributed by atoms with Gasteiger partial charge in [0.25, 0.3) is 5.91 Å². The molecule has 0 unspecified atom stereocenters. The molecule has 5 rings (SSSR count). The van der Waals surface area contributed by atoms with Crippen molar-refractivity contribution in [1.82, 2.24) is 20.1 Å². The molecule has 34 heavy (non-hydrogen) atoms. The molecular weight excluding hydrogens is 468 g/mol. The van der Waals surface area contributed by atoms with Crippen molar-refractivity contribution in [2.24, 2.45) is 0 Å². The van der Waals surface area contributed by atoms with E-state index in [9.17, 15) is 14.3 Å². The number of aromatic hydroxyl groups is 1. The quantitative estimate of drug-likeness (QED) is 0.636. The molecule has 2 aromatic rings. The van der Waals surface area contributed by atoms with Gasteiger partial charge in [-0.3, -0.25) is 4.79 Å². The van der Waals surface area contributed by atoms with Crippen molar-refractivity contribution in [3.8, 4) is 22.8 Å². The second-order valence-electron chi connectivity index (χ2n) is 9.04. The van der Waals surface area contributed by atoms with E-state index < -0.39 is 12.1 Å². The first-order valence-electron chi connectivity index (χ1n) is 11.2. The minimum absolute atomic E-state index is 0.0317. The van der Waals surface area contributed by atoms with Crippen LogP contribution in [0, 0.1) is 5.82 Å². The van der Waals surface area contributed by atoms with E-state index in [4.69, 9.17) is 16.3 Å². The number of carbonyl (C=O) groups excluding carboxylic acids is 1. The lowest BCUT2D eigenvalue weighted by atomic mass is 10.1. The van der Waals surface area contributed by atoms with Gasteiger partial charge in [-0.15, -0.1) is 0 Å². The molecule has 2 saturated heterocycles. The minimum atomic E-state index is -1.41. The average Bonchev–Trinajstić information content (AvgIpc) is 3.13. The SMILES string of the molecule is CN(C)[C@H]1C[C@H](F)N(c2nc(-c3c(O)cccc3F)c(Cl)c3c2C(=O)N2CCNC[C@@H]2CO3)C1. The fraction of sp³-hybridized carbons (Fsp3) is 0.478. The van der Waals surface area contributed by atoms with Crippen molar-refractivity contribution < 1.29 is 23.4 Å². The average molecular weight is 494 g/mol. The molecule has 1 aromatic heterocycles. The van der Waals surface area contributed by atoms with Crippen LogP contribution in [0.15, 0.2) is 18.2 Å². The fourth-order valence-electron chi connectivity index (χ4n) is 4.84. The van der Waals surface area contributed by atoms with Crippen LogP contribution in [0.1, 0.15) is 16.8 Å². The molecular formula is C23H26ClF2N5O3. The van der Waals surface area contributed by atoms with Gasteiger partial charge < -0.3 is 29.9 Å². The number of nitrogens with one attached hydrogen (secondary N) is 1. The van der Waals surface area contributed by atoms with Crippen LogP contribution >= 0.6 is 11.6 Å². The van der Waals surface area contributed by atoms with Gasteiger partial charge >= 0.3 is 0 Å². The Morgan fingerprint density at radius 3 is 2.79 bits per heavy atom. The van der Waals surface area contributed by atoms with Crippen LogP contribution in [0.25, 0.3) is 11.3 Å². The molecule has 0 spiro atoms. The zero-order chi connectivity index (χ0) is 24.1. The Bertz CT molecular complexity index is 1110. The topological polar surface area (TPSA) is 81.2 Å². The van der Waals surface area contributed by atoms with Crippen molar-refractivity contribution in [3.63, 3.8) is 0 Å². The number of amides is 1. The first kappa shape index (κ1) is 23.1. The predicted molar refractivity (Wildman–Crippen MR) is 124 cm³/mol. The predicted octanol–water partition coefficient (Wildman–Crippen LogP) is 2.49. The second kappa shape index (κ2) is 8.83. The maximum Gasteiger partial charge on any atom is 0.261 e. The van der Waals surface area contributed by atoms with Crippen LogP contribution in [0.5, 0.6) is 11.5 Å². The van der Waals surface area contributed by atoms with Crippen molar-refractivity contribution in [3.05, 3.63) is 34.6 Å². The summed E-state index contributed by atoms with van der Waals surface area (Å²) in [5.41, 5.74) is -0.261. The molecule has 0 saturated carbocycles. The number of nitrogens with zero attached hydrogens (tertiary/aromatic N) is 4. The number of pyridine rings is 1. The number of phenols is 1. The molecule has 0 bridgehead atoms. The number of hydrogen-bond donors (Lipinski definition) is 2. The third-order valence-corrected chi connectivity index (χ3v) is 7.11. The maximum absolute atomic E-state index is 15.3. The zero-order valence-corrected chi connectivity index (χ0v) is 19.6. The van der Waals surface area contributed by atoms with E-state index in [1.165, 1.54) is 23.1 Å². The van der Waals surface area contributed by atoms with Crippen molar-refractivity contribution >= 4 is 23.3 Å². The Labute approximate surface area is 201 Å². The molecule has 11 heteroatoms. The Kier molecular flexibility index (Phi) is 5.99. The van der Waals surface area contributed by atoms with E-state index in [-0.39, 0.29) is 76.7 Å². The Hall–Kier alpha value is -2.69. The van der Waals surface area contributed by atoms with Crippen molar-refractivity contribution in [2.45, 2.75) is 24.8 Å². The highest BCUT2D eigenvalue weighted by atomic mass is 35.5. The number of hydrogen-bond acceptors (Lipinski definition) is 7. The molecule has 0 radical (unpaired) electrons. The Morgan fingerprint density at radius 1 is 1.29 bits per heavy atom. The summed E-state index contributed by atoms with van der Waals surface area (Å²) in [7, 11) is 3.72. The molecule has 2 N–H and O–H groups in total. The van der Waals surface area contributed by atoms with Gasteiger partial charge in [-0.25, -0.2) is 13.8 Å². The molecule has 4 heterocycles. The Morgan fingerprint density at radius 2 is 2.09 bits per heavy atom. The van der Waals surface area contributed by atoms with Crippen LogP contribution in [0.3, 0.4) is 0 Å². The maximum atomic E-state index is 15.3. The van der Waals surface area contributed by atoms with Gasteiger partial charge in [0.15, 0.2) is 12.0 Å². The van der Waals surface area contributed by atoms with E-state index >= 15 is 4.39 Å². The van der Waals surface area contributed by atoms with Crippen LogP contribution < -0.4 is 15.0 Å². The molecule has 2 fully saturated rings. The lowest BCUT2D eigenvalue weighted by Crippen LogP contribution is -2.55. The smallest absolute Gasteiger partial charge is 0.261 e. The summed E-state index contributed by atoms with van der Waals surface area (Å²) in [6.45, 7) is 2.05. The Balaban J connectivity index is 1.73. The van der Waals surface area contributed by atoms with Gasteiger partial charge in [0, 0.05) is 38.6 Å². The molecule has 182 valence electrons. The van der Waals surface area contributed by atoms with Gasteiger partial charge in [-0.2, -0.15) is 0 Å². The summed E-state index contributed by atoms with van der Waals surface area (Å²) >= 11 is 6.66. The largest absolute Gasteiger partial charge is 0.507 e. The highest BCUT2D eigenvalue weighted by Crippen LogP contribution is 2.46. The van der Waals surface area contributed by atoms with Gasteiger partial charge in [-0.05, 0) is 26.2 Å². The number of halogens is 3. The molecule has 0 aliphatic carbocycles. The third-order valence-electron chi connectivity index (χ3n) is 6.76. The fourth-order valence-corrected chi connectivity index (χ4v) is 5.13. The van der Waals surface area contributed by atoms with E-state index in [0.717, 1.165) is 0 Å². The molecule has 3 atom stereocenters. The summed E-state index contributed by atoms with van der Waals surface area (Å²) in [6.07, 6.45) is -1.19. The summed E-state index contributed by atoms with van der Waals surface area (Å²) in [4.78, 5) is 23.3. The highest BCUT2D eigenvalue weighted by molar-refractivity contribution is 6.35. The standard InChI is InChI=1S/C23H26ClF2N5O3/c1-29(2)12-8-16(26)31(10-12)22-18-21(34-11-13-9-27-6-7-30(13)23(18)33)19(24)20(28-22)17-14(25)4-3-5-15(17)32/h3-5,12-13,16,27,32H,6-11H2,1-2H3/t12-,13+,16+/m0/s1. The number of piperazine rings is 1. The second-order valence-corrected chi connectivity index (χ2v) is 9.42.